The van der Waals surface area contributed by atoms with Crippen molar-refractivity contribution >= 4 is 16.8 Å². The van der Waals surface area contributed by atoms with Crippen molar-refractivity contribution < 1.29 is 0 Å². The van der Waals surface area contributed by atoms with Crippen molar-refractivity contribution in [1.82, 2.24) is 0 Å². The monoisotopic (exact) mass is 258 g/mol. The van der Waals surface area contributed by atoms with Gasteiger partial charge in [0, 0.05) is 5.92 Å². The zero-order chi connectivity index (χ0) is 13.1. The van der Waals surface area contributed by atoms with Gasteiger partial charge in [0.05, 0.1) is 27.8 Å². The van der Waals surface area contributed by atoms with Crippen LogP contribution in [-0.2, 0) is 0 Å². The zero-order valence-corrected chi connectivity index (χ0v) is 10.7. The molecule has 0 saturated heterocycles. The molecule has 0 spiro atoms. The molecule has 3 atom stereocenters. The van der Waals surface area contributed by atoms with Crippen LogP contribution < -0.4 is 5.73 Å². The number of nitrogens with two attached hydrogens (primary N) is 1. The lowest BCUT2D eigenvalue weighted by molar-refractivity contribution is 0.331. The minimum absolute atomic E-state index is 0.210. The van der Waals surface area contributed by atoms with Crippen molar-refractivity contribution in [1.29, 1.82) is 15.9 Å². The Balaban J connectivity index is 2.40. The molecule has 2 aliphatic rings. The van der Waals surface area contributed by atoms with Crippen molar-refractivity contribution in [3.05, 3.63) is 22.8 Å². The highest BCUT2D eigenvalue weighted by molar-refractivity contribution is 8.17. The first-order chi connectivity index (χ1) is 8.69. The number of thioether (sulfide) groups is 1. The molecule has 5 heteroatoms. The Morgan fingerprint density at radius 2 is 2.17 bits per heavy atom. The van der Waals surface area contributed by atoms with E-state index in [4.69, 9.17) is 11.1 Å². The molecule has 0 bridgehead atoms. The normalized spacial score (nSPS) is 31.9. The number of nitriles is 2. The predicted octanol–water partition coefficient (Wildman–Crippen LogP) is 2.52. The molecule has 0 amide bonds. The maximum atomic E-state index is 9.27. The lowest BCUT2D eigenvalue weighted by Crippen LogP contribution is -2.34. The number of rotatable bonds is 1. The van der Waals surface area contributed by atoms with Crippen LogP contribution in [0.1, 0.15) is 19.3 Å². The standard InChI is InChI=1S/C13H14N4S/c14-6-9-11(8-4-2-1-3-5-8)10(7-15)13(17)18-12(9)16/h1-2,8-9,11,16H,3-5,17H2/t8-,9-,11-/m0/s1. The molecule has 0 aromatic heterocycles. The summed E-state index contributed by atoms with van der Waals surface area (Å²) in [6.45, 7) is 0. The second-order valence-electron chi connectivity index (χ2n) is 4.53. The number of allylic oxidation sites excluding steroid dienone is 3. The molecule has 18 heavy (non-hydrogen) atoms. The van der Waals surface area contributed by atoms with Crippen molar-refractivity contribution in [2.24, 2.45) is 23.5 Å². The van der Waals surface area contributed by atoms with E-state index < -0.39 is 5.92 Å². The van der Waals surface area contributed by atoms with Gasteiger partial charge in [-0.2, -0.15) is 10.5 Å². The molecular weight excluding hydrogens is 244 g/mol. The molecule has 0 fully saturated rings. The number of hydrogen-bond donors (Lipinski definition) is 2. The molecule has 0 unspecified atom stereocenters. The Bertz CT molecular complexity index is 506. The quantitative estimate of drug-likeness (QED) is 0.706. The molecule has 92 valence electrons. The Labute approximate surface area is 111 Å². The van der Waals surface area contributed by atoms with Crippen LogP contribution in [0.2, 0.25) is 0 Å². The molecule has 4 nitrogen and oxygen atoms in total. The second-order valence-corrected chi connectivity index (χ2v) is 5.62. The summed E-state index contributed by atoms with van der Waals surface area (Å²) in [5.41, 5.74) is 6.35. The van der Waals surface area contributed by atoms with Gasteiger partial charge in [0.25, 0.3) is 0 Å². The SMILES string of the molecule is N#CC1=C(N)SC(=N)[C@@H](C#N)[C@@H]1[C@H]1CC=CCC1. The first-order valence-electron chi connectivity index (χ1n) is 5.89. The fourth-order valence-electron chi connectivity index (χ4n) is 2.65. The highest BCUT2D eigenvalue weighted by Gasteiger charge is 2.40. The van der Waals surface area contributed by atoms with E-state index in [2.05, 4.69) is 24.3 Å². The average Bonchev–Trinajstić information content (AvgIpc) is 2.39. The van der Waals surface area contributed by atoms with Crippen LogP contribution in [0.5, 0.6) is 0 Å². The van der Waals surface area contributed by atoms with Gasteiger partial charge < -0.3 is 5.73 Å². The smallest absolute Gasteiger partial charge is 0.102 e. The molecule has 0 aromatic carbocycles. The zero-order valence-electron chi connectivity index (χ0n) is 9.89. The van der Waals surface area contributed by atoms with Crippen LogP contribution in [0.15, 0.2) is 22.8 Å². The fourth-order valence-corrected chi connectivity index (χ4v) is 3.51. The van der Waals surface area contributed by atoms with Gasteiger partial charge in [0.15, 0.2) is 0 Å². The van der Waals surface area contributed by atoms with E-state index in [1.54, 1.807) is 0 Å². The number of nitrogens with zero attached hydrogens (tertiary/aromatic N) is 2. The summed E-state index contributed by atoms with van der Waals surface area (Å²) < 4.78 is 0. The van der Waals surface area contributed by atoms with Gasteiger partial charge in [-0.05, 0) is 25.2 Å². The van der Waals surface area contributed by atoms with Gasteiger partial charge in [0.1, 0.15) is 5.92 Å². The topological polar surface area (TPSA) is 97.4 Å². The van der Waals surface area contributed by atoms with E-state index in [0.29, 0.717) is 10.6 Å². The van der Waals surface area contributed by atoms with Crippen molar-refractivity contribution in [3.63, 3.8) is 0 Å². The number of hydrogen-bond acceptors (Lipinski definition) is 5. The van der Waals surface area contributed by atoms with E-state index in [9.17, 15) is 10.5 Å². The van der Waals surface area contributed by atoms with Gasteiger partial charge >= 0.3 is 0 Å². The van der Waals surface area contributed by atoms with Crippen LogP contribution in [0.4, 0.5) is 0 Å². The Kier molecular flexibility index (Phi) is 3.74. The van der Waals surface area contributed by atoms with Gasteiger partial charge in [-0.15, -0.1) is 0 Å². The van der Waals surface area contributed by atoms with Gasteiger partial charge in [0.2, 0.25) is 0 Å². The molecule has 0 saturated carbocycles. The van der Waals surface area contributed by atoms with Gasteiger partial charge in [-0.25, -0.2) is 0 Å². The maximum Gasteiger partial charge on any atom is 0.102 e. The summed E-state index contributed by atoms with van der Waals surface area (Å²) in [5, 5.41) is 27.1. The maximum absolute atomic E-state index is 9.27. The number of nitrogens with one attached hydrogen (secondary N) is 1. The van der Waals surface area contributed by atoms with Crippen molar-refractivity contribution in [2.45, 2.75) is 19.3 Å². The minimum atomic E-state index is -0.520. The predicted molar refractivity (Wildman–Crippen MR) is 71.2 cm³/mol. The highest BCUT2D eigenvalue weighted by atomic mass is 32.2. The van der Waals surface area contributed by atoms with Crippen molar-refractivity contribution in [3.8, 4) is 12.1 Å². The van der Waals surface area contributed by atoms with Crippen molar-refractivity contribution in [2.75, 3.05) is 0 Å². The third-order valence-corrected chi connectivity index (χ3v) is 4.45. The average molecular weight is 258 g/mol. The molecule has 2 rings (SSSR count). The van der Waals surface area contributed by atoms with E-state index >= 15 is 0 Å². The molecule has 0 aromatic rings. The summed E-state index contributed by atoms with van der Waals surface area (Å²) in [7, 11) is 0. The fraction of sp³-hybridized carbons (Fsp3) is 0.462. The molecular formula is C13H14N4S. The van der Waals surface area contributed by atoms with E-state index in [-0.39, 0.29) is 16.9 Å². The van der Waals surface area contributed by atoms with Crippen LogP contribution in [0.25, 0.3) is 0 Å². The molecule has 1 aliphatic heterocycles. The van der Waals surface area contributed by atoms with Gasteiger partial charge in [-0.3, -0.25) is 5.41 Å². The lowest BCUT2D eigenvalue weighted by Gasteiger charge is -2.34. The van der Waals surface area contributed by atoms with E-state index in [1.807, 2.05) is 0 Å². The van der Waals surface area contributed by atoms with Gasteiger partial charge in [-0.1, -0.05) is 23.9 Å². The summed E-state index contributed by atoms with van der Waals surface area (Å²) in [6, 6.07) is 4.32. The van der Waals surface area contributed by atoms with Crippen LogP contribution in [0, 0.1) is 45.8 Å². The molecule has 3 N–H and O–H groups in total. The van der Waals surface area contributed by atoms with Crippen LogP contribution in [0.3, 0.4) is 0 Å². The third-order valence-electron chi connectivity index (χ3n) is 3.54. The Morgan fingerprint density at radius 1 is 1.39 bits per heavy atom. The summed E-state index contributed by atoms with van der Waals surface area (Å²) in [6.07, 6.45) is 7.01. The summed E-state index contributed by atoms with van der Waals surface area (Å²) >= 11 is 1.05. The molecule has 1 heterocycles. The summed E-state index contributed by atoms with van der Waals surface area (Å²) in [5.74, 6) is -0.485. The van der Waals surface area contributed by atoms with Crippen LogP contribution in [-0.4, -0.2) is 5.04 Å². The van der Waals surface area contributed by atoms with E-state index in [0.717, 1.165) is 31.0 Å². The Morgan fingerprint density at radius 3 is 2.72 bits per heavy atom. The first kappa shape index (κ1) is 12.7. The van der Waals surface area contributed by atoms with E-state index in [1.165, 1.54) is 0 Å². The largest absolute Gasteiger partial charge is 0.392 e. The minimum Gasteiger partial charge on any atom is -0.392 e. The Hall–Kier alpha value is -1.72. The first-order valence-corrected chi connectivity index (χ1v) is 6.71. The third kappa shape index (κ3) is 2.14. The highest BCUT2D eigenvalue weighted by Crippen LogP contribution is 2.43. The van der Waals surface area contributed by atoms with Crippen LogP contribution >= 0.6 is 11.8 Å². The molecule has 1 aliphatic carbocycles. The molecule has 0 radical (unpaired) electrons. The summed E-state index contributed by atoms with van der Waals surface area (Å²) in [4.78, 5) is 0. The second kappa shape index (κ2) is 5.29. The lowest BCUT2D eigenvalue weighted by atomic mass is 9.73.